The lowest BCUT2D eigenvalue weighted by Gasteiger charge is -2.21. The lowest BCUT2D eigenvalue weighted by Crippen LogP contribution is -2.27. The Hall–Kier alpha value is -2.60. The number of H-pyrrole nitrogens is 1. The molecule has 1 aromatic heterocycles. The Morgan fingerprint density at radius 2 is 1.86 bits per heavy atom. The molecule has 0 bridgehead atoms. The Morgan fingerprint density at radius 1 is 1.21 bits per heavy atom. The standard InChI is InChI=1S/C22H27N3O3/c1-3-13-10-19(22(27)28)21(26)24-20(13)14-4-6-18(7-5-14)25-11-15-8-17(23-2)9-16(15)12-25/h4-7,10,15-17,23H,3,8-9,11-12H2,1-2H3,(H,24,26)(H,27,28)/t15-,16+,17+. The van der Waals surface area contributed by atoms with E-state index in [2.05, 4.69) is 34.4 Å². The molecule has 2 fully saturated rings. The van der Waals surface area contributed by atoms with Crippen molar-refractivity contribution >= 4 is 11.7 Å². The number of aromatic nitrogens is 1. The number of nitrogens with zero attached hydrogens (tertiary/aromatic N) is 1. The van der Waals surface area contributed by atoms with Gasteiger partial charge < -0.3 is 20.3 Å². The topological polar surface area (TPSA) is 85.4 Å². The van der Waals surface area contributed by atoms with Crippen LogP contribution in [0.1, 0.15) is 35.7 Å². The number of rotatable bonds is 5. The summed E-state index contributed by atoms with van der Waals surface area (Å²) in [6.07, 6.45) is 3.16. The van der Waals surface area contributed by atoms with Crippen molar-refractivity contribution in [1.82, 2.24) is 10.3 Å². The van der Waals surface area contributed by atoms with Crippen LogP contribution in [0.3, 0.4) is 0 Å². The summed E-state index contributed by atoms with van der Waals surface area (Å²) >= 11 is 0. The molecule has 2 heterocycles. The van der Waals surface area contributed by atoms with Crippen LogP contribution in [0.4, 0.5) is 5.69 Å². The summed E-state index contributed by atoms with van der Waals surface area (Å²) in [6, 6.07) is 10.4. The van der Waals surface area contributed by atoms with E-state index in [1.807, 2.05) is 19.1 Å². The number of aryl methyl sites for hydroxylation is 1. The molecule has 4 rings (SSSR count). The normalized spacial score (nSPS) is 23.8. The Kier molecular flexibility index (Phi) is 4.98. The molecule has 0 radical (unpaired) electrons. The van der Waals surface area contributed by atoms with Crippen molar-refractivity contribution < 1.29 is 9.90 Å². The molecule has 1 aromatic carbocycles. The van der Waals surface area contributed by atoms with E-state index in [0.29, 0.717) is 18.2 Å². The van der Waals surface area contributed by atoms with Gasteiger partial charge in [0.25, 0.3) is 5.56 Å². The summed E-state index contributed by atoms with van der Waals surface area (Å²) in [5.41, 5.74) is 2.89. The molecule has 3 atom stereocenters. The van der Waals surface area contributed by atoms with Gasteiger partial charge in [0.1, 0.15) is 5.56 Å². The van der Waals surface area contributed by atoms with Gasteiger partial charge in [-0.3, -0.25) is 4.79 Å². The van der Waals surface area contributed by atoms with Crippen LogP contribution in [0.5, 0.6) is 0 Å². The minimum atomic E-state index is -1.20. The SMILES string of the molecule is CCc1cc(C(=O)O)c(=O)[nH]c1-c1ccc(N2C[C@H]3C[C@H](NC)C[C@H]3C2)cc1. The zero-order chi connectivity index (χ0) is 19.8. The quantitative estimate of drug-likeness (QED) is 0.742. The molecule has 6 nitrogen and oxygen atoms in total. The van der Waals surface area contributed by atoms with Crippen molar-refractivity contribution in [2.45, 2.75) is 32.2 Å². The van der Waals surface area contributed by atoms with Gasteiger partial charge in [-0.25, -0.2) is 4.79 Å². The second kappa shape index (κ2) is 7.43. The number of nitrogens with one attached hydrogen (secondary N) is 2. The zero-order valence-electron chi connectivity index (χ0n) is 16.4. The highest BCUT2D eigenvalue weighted by atomic mass is 16.4. The molecule has 1 saturated heterocycles. The number of fused-ring (bicyclic) bond motifs is 1. The average Bonchev–Trinajstić information content (AvgIpc) is 3.26. The van der Waals surface area contributed by atoms with E-state index in [0.717, 1.165) is 36.1 Å². The molecule has 0 amide bonds. The third-order valence-corrected chi connectivity index (χ3v) is 6.41. The predicted molar refractivity (Wildman–Crippen MR) is 110 cm³/mol. The summed E-state index contributed by atoms with van der Waals surface area (Å²) in [6.45, 7) is 4.16. The molecule has 0 spiro atoms. The number of carboxylic acids is 1. The molecule has 2 aromatic rings. The summed E-state index contributed by atoms with van der Waals surface area (Å²) in [7, 11) is 2.06. The Bertz CT molecular complexity index is 921. The number of aromatic carboxylic acids is 1. The maximum atomic E-state index is 12.1. The molecule has 1 saturated carbocycles. The Balaban J connectivity index is 1.55. The van der Waals surface area contributed by atoms with Gasteiger partial charge in [-0.05, 0) is 67.5 Å². The fraction of sp³-hybridized carbons (Fsp3) is 0.455. The van der Waals surface area contributed by atoms with Crippen molar-refractivity contribution in [3.8, 4) is 11.3 Å². The number of benzene rings is 1. The van der Waals surface area contributed by atoms with Crippen LogP contribution in [0, 0.1) is 11.8 Å². The highest BCUT2D eigenvalue weighted by molar-refractivity contribution is 5.88. The van der Waals surface area contributed by atoms with E-state index in [9.17, 15) is 14.7 Å². The van der Waals surface area contributed by atoms with Gasteiger partial charge in [0.2, 0.25) is 0 Å². The van der Waals surface area contributed by atoms with Crippen molar-refractivity contribution in [2.24, 2.45) is 11.8 Å². The first-order valence-electron chi connectivity index (χ1n) is 10.0. The fourth-order valence-electron chi connectivity index (χ4n) is 4.85. The van der Waals surface area contributed by atoms with Gasteiger partial charge in [-0.2, -0.15) is 0 Å². The highest BCUT2D eigenvalue weighted by Gasteiger charge is 2.40. The second-order valence-electron chi connectivity index (χ2n) is 8.00. The first-order valence-corrected chi connectivity index (χ1v) is 10.0. The minimum absolute atomic E-state index is 0.208. The van der Waals surface area contributed by atoms with Gasteiger partial charge in [-0.15, -0.1) is 0 Å². The maximum absolute atomic E-state index is 12.1. The molecular formula is C22H27N3O3. The number of hydrogen-bond donors (Lipinski definition) is 3. The summed E-state index contributed by atoms with van der Waals surface area (Å²) < 4.78 is 0. The van der Waals surface area contributed by atoms with Gasteiger partial charge in [0.15, 0.2) is 0 Å². The number of anilines is 1. The molecule has 148 valence electrons. The summed E-state index contributed by atoms with van der Waals surface area (Å²) in [5.74, 6) is 0.338. The van der Waals surface area contributed by atoms with Gasteiger partial charge in [0, 0.05) is 24.8 Å². The largest absolute Gasteiger partial charge is 0.477 e. The molecule has 1 aliphatic heterocycles. The third kappa shape index (κ3) is 3.33. The predicted octanol–water partition coefficient (Wildman–Crippen LogP) is 2.74. The van der Waals surface area contributed by atoms with Crippen LogP contribution >= 0.6 is 0 Å². The van der Waals surface area contributed by atoms with Gasteiger partial charge >= 0.3 is 5.97 Å². The lowest BCUT2D eigenvalue weighted by atomic mass is 10.0. The summed E-state index contributed by atoms with van der Waals surface area (Å²) in [4.78, 5) is 28.6. The number of carboxylic acid groups (broad SMARTS) is 1. The van der Waals surface area contributed by atoms with E-state index in [1.165, 1.54) is 24.6 Å². The first-order chi connectivity index (χ1) is 13.5. The van der Waals surface area contributed by atoms with Crippen molar-refractivity contribution in [2.75, 3.05) is 25.0 Å². The zero-order valence-corrected chi connectivity index (χ0v) is 16.4. The number of aromatic amines is 1. The molecule has 6 heteroatoms. The molecule has 2 aliphatic rings. The Morgan fingerprint density at radius 3 is 2.39 bits per heavy atom. The third-order valence-electron chi connectivity index (χ3n) is 6.41. The first kappa shape index (κ1) is 18.7. The second-order valence-corrected chi connectivity index (χ2v) is 8.00. The van der Waals surface area contributed by atoms with Crippen LogP contribution in [0.25, 0.3) is 11.3 Å². The number of pyridine rings is 1. The molecule has 0 unspecified atom stereocenters. The van der Waals surface area contributed by atoms with Crippen LogP contribution < -0.4 is 15.8 Å². The van der Waals surface area contributed by atoms with Crippen molar-refractivity contribution in [3.63, 3.8) is 0 Å². The smallest absolute Gasteiger partial charge is 0.341 e. The molecular weight excluding hydrogens is 354 g/mol. The van der Waals surface area contributed by atoms with E-state index < -0.39 is 11.5 Å². The molecule has 1 aliphatic carbocycles. The lowest BCUT2D eigenvalue weighted by molar-refractivity contribution is 0.0695. The Labute approximate surface area is 164 Å². The van der Waals surface area contributed by atoms with Crippen molar-refractivity contribution in [3.05, 3.63) is 51.8 Å². The van der Waals surface area contributed by atoms with E-state index in [4.69, 9.17) is 0 Å². The van der Waals surface area contributed by atoms with E-state index in [-0.39, 0.29) is 5.56 Å². The van der Waals surface area contributed by atoms with Crippen LogP contribution in [0.15, 0.2) is 35.1 Å². The number of carbonyl (C=O) groups is 1. The maximum Gasteiger partial charge on any atom is 0.341 e. The van der Waals surface area contributed by atoms with E-state index >= 15 is 0 Å². The average molecular weight is 381 g/mol. The van der Waals surface area contributed by atoms with Crippen LogP contribution in [0.2, 0.25) is 0 Å². The monoisotopic (exact) mass is 381 g/mol. The van der Waals surface area contributed by atoms with Crippen molar-refractivity contribution in [1.29, 1.82) is 0 Å². The number of hydrogen-bond acceptors (Lipinski definition) is 4. The fourth-order valence-corrected chi connectivity index (χ4v) is 4.85. The highest BCUT2D eigenvalue weighted by Crippen LogP contribution is 2.40. The van der Waals surface area contributed by atoms with Crippen LogP contribution in [-0.2, 0) is 6.42 Å². The van der Waals surface area contributed by atoms with E-state index in [1.54, 1.807) is 0 Å². The van der Waals surface area contributed by atoms with Gasteiger partial charge in [0.05, 0.1) is 5.69 Å². The summed E-state index contributed by atoms with van der Waals surface area (Å²) in [5, 5.41) is 12.6. The molecule has 3 N–H and O–H groups in total. The minimum Gasteiger partial charge on any atom is -0.477 e. The molecule has 28 heavy (non-hydrogen) atoms. The van der Waals surface area contributed by atoms with Gasteiger partial charge in [-0.1, -0.05) is 19.1 Å². The van der Waals surface area contributed by atoms with Crippen LogP contribution in [-0.4, -0.2) is 42.2 Å².